The second kappa shape index (κ2) is 7.22. The summed E-state index contributed by atoms with van der Waals surface area (Å²) in [4.78, 5) is 15.3. The van der Waals surface area contributed by atoms with Gasteiger partial charge in [0.1, 0.15) is 0 Å². The highest BCUT2D eigenvalue weighted by Crippen LogP contribution is 2.33. The Kier molecular flexibility index (Phi) is 5.01. The minimum Gasteiger partial charge on any atom is -0.258 e. The molecule has 3 aromatic rings. The summed E-state index contributed by atoms with van der Waals surface area (Å²) in [6.45, 7) is 1.96. The summed E-state index contributed by atoms with van der Waals surface area (Å²) in [5.41, 5.74) is 1.12. The van der Waals surface area contributed by atoms with Crippen molar-refractivity contribution >= 4 is 32.2 Å². The number of benzene rings is 2. The molecule has 26 heavy (non-hydrogen) atoms. The number of nitrogens with zero attached hydrogens (tertiary/aromatic N) is 2. The lowest BCUT2D eigenvalue weighted by Gasteiger charge is -2.05. The Labute approximate surface area is 154 Å². The lowest BCUT2D eigenvalue weighted by atomic mass is 10.1. The van der Waals surface area contributed by atoms with Gasteiger partial charge in [0.25, 0.3) is 15.7 Å². The second-order valence-corrected chi connectivity index (χ2v) is 8.08. The molecule has 0 fully saturated rings. The van der Waals surface area contributed by atoms with E-state index in [4.69, 9.17) is 0 Å². The van der Waals surface area contributed by atoms with Gasteiger partial charge >= 0.3 is 0 Å². The summed E-state index contributed by atoms with van der Waals surface area (Å²) >= 11 is 1.22. The molecule has 1 aromatic heterocycles. The van der Waals surface area contributed by atoms with Crippen molar-refractivity contribution in [3.8, 4) is 11.3 Å². The quantitative estimate of drug-likeness (QED) is 0.505. The first-order valence-electron chi connectivity index (χ1n) is 7.73. The van der Waals surface area contributed by atoms with E-state index in [1.807, 2.05) is 37.3 Å². The van der Waals surface area contributed by atoms with E-state index in [1.54, 1.807) is 0 Å². The van der Waals surface area contributed by atoms with Crippen LogP contribution in [0.1, 0.15) is 11.8 Å². The van der Waals surface area contributed by atoms with E-state index in [2.05, 4.69) is 9.71 Å². The number of anilines is 1. The number of nitro benzene ring substituents is 1. The number of aryl methyl sites for hydroxylation is 1. The van der Waals surface area contributed by atoms with Crippen LogP contribution in [0.4, 0.5) is 10.8 Å². The molecule has 0 radical (unpaired) electrons. The molecule has 0 aliphatic heterocycles. The number of thiazole rings is 1. The van der Waals surface area contributed by atoms with Crippen molar-refractivity contribution in [2.24, 2.45) is 0 Å². The molecule has 0 atom stereocenters. The molecule has 0 spiro atoms. The average Bonchev–Trinajstić information content (AvgIpc) is 3.04. The van der Waals surface area contributed by atoms with E-state index >= 15 is 0 Å². The highest BCUT2D eigenvalue weighted by molar-refractivity contribution is 7.93. The van der Waals surface area contributed by atoms with E-state index < -0.39 is 20.6 Å². The topological polar surface area (TPSA) is 102 Å². The van der Waals surface area contributed by atoms with Crippen LogP contribution < -0.4 is 4.72 Å². The Bertz CT molecular complexity index is 1050. The lowest BCUT2D eigenvalue weighted by molar-refractivity contribution is -0.387. The van der Waals surface area contributed by atoms with Gasteiger partial charge in [-0.05, 0) is 12.5 Å². The molecule has 7 nitrogen and oxygen atoms in total. The third kappa shape index (κ3) is 3.58. The fourth-order valence-corrected chi connectivity index (χ4v) is 4.79. The molecular weight excluding hydrogens is 374 g/mol. The monoisotopic (exact) mass is 389 g/mol. The molecule has 1 N–H and O–H groups in total. The van der Waals surface area contributed by atoms with Crippen molar-refractivity contribution in [3.05, 3.63) is 69.6 Å². The summed E-state index contributed by atoms with van der Waals surface area (Å²) < 4.78 is 27.6. The number of nitrogens with one attached hydrogen (secondary N) is 1. The van der Waals surface area contributed by atoms with Gasteiger partial charge in [0.05, 0.1) is 10.6 Å². The molecular formula is C17H15N3O4S2. The summed E-state index contributed by atoms with van der Waals surface area (Å²) in [6.07, 6.45) is 0.690. The first-order chi connectivity index (χ1) is 12.4. The molecule has 3 rings (SSSR count). The summed E-state index contributed by atoms with van der Waals surface area (Å²) in [5.74, 6) is 0. The van der Waals surface area contributed by atoms with Crippen LogP contribution in [-0.2, 0) is 16.4 Å². The molecule has 0 saturated heterocycles. The molecule has 1 heterocycles. The predicted molar refractivity (Wildman–Crippen MR) is 101 cm³/mol. The Morgan fingerprint density at radius 1 is 1.12 bits per heavy atom. The van der Waals surface area contributed by atoms with Crippen molar-refractivity contribution in [3.63, 3.8) is 0 Å². The molecule has 9 heteroatoms. The van der Waals surface area contributed by atoms with Crippen LogP contribution in [0.3, 0.4) is 0 Å². The van der Waals surface area contributed by atoms with Crippen LogP contribution in [-0.4, -0.2) is 18.3 Å². The number of para-hydroxylation sites is 1. The first-order valence-corrected chi connectivity index (χ1v) is 10.0. The summed E-state index contributed by atoms with van der Waals surface area (Å²) in [7, 11) is -4.13. The Balaban J connectivity index is 1.99. The van der Waals surface area contributed by atoms with Crippen LogP contribution in [0.5, 0.6) is 0 Å². The zero-order chi connectivity index (χ0) is 18.7. The smallest absolute Gasteiger partial charge is 0.258 e. The number of hydrogen-bond acceptors (Lipinski definition) is 6. The number of aromatic nitrogens is 1. The predicted octanol–water partition coefficient (Wildman–Crippen LogP) is 4.08. The number of hydrogen-bond donors (Lipinski definition) is 1. The number of nitro groups is 1. The van der Waals surface area contributed by atoms with Gasteiger partial charge < -0.3 is 0 Å². The standard InChI is InChI=1S/C17H15N3O4S2/c1-2-14-16(12-8-4-3-5-9-12)18-17(25-14)19-26(23,24)15-11-7-6-10-13(15)20(21)22/h3-11H,2H2,1H3,(H,18,19). The SMILES string of the molecule is CCc1sc(NS(=O)(=O)c2ccccc2[N+](=O)[O-])nc1-c1ccccc1. The molecule has 0 bridgehead atoms. The fourth-order valence-electron chi connectivity index (χ4n) is 2.46. The largest absolute Gasteiger partial charge is 0.289 e. The highest BCUT2D eigenvalue weighted by atomic mass is 32.2. The molecule has 0 saturated carbocycles. The normalized spacial score (nSPS) is 11.3. The van der Waals surface area contributed by atoms with Gasteiger partial charge in [-0.3, -0.25) is 14.8 Å². The maximum Gasteiger partial charge on any atom is 0.289 e. The van der Waals surface area contributed by atoms with Gasteiger partial charge in [-0.1, -0.05) is 49.4 Å². The zero-order valence-corrected chi connectivity index (χ0v) is 15.4. The van der Waals surface area contributed by atoms with Gasteiger partial charge in [-0.15, -0.1) is 11.3 Å². The minimum atomic E-state index is -4.13. The Hall–Kier alpha value is -2.78. The van der Waals surface area contributed by atoms with E-state index in [0.717, 1.165) is 16.5 Å². The van der Waals surface area contributed by atoms with Crippen LogP contribution in [0.25, 0.3) is 11.3 Å². The van der Waals surface area contributed by atoms with E-state index in [-0.39, 0.29) is 10.0 Å². The van der Waals surface area contributed by atoms with Crippen LogP contribution in [0, 0.1) is 10.1 Å². The van der Waals surface area contributed by atoms with Crippen molar-refractivity contribution in [1.82, 2.24) is 4.98 Å². The van der Waals surface area contributed by atoms with Crippen LogP contribution in [0.15, 0.2) is 59.5 Å². The van der Waals surface area contributed by atoms with Crippen LogP contribution >= 0.6 is 11.3 Å². The van der Waals surface area contributed by atoms with E-state index in [9.17, 15) is 18.5 Å². The molecule has 0 aliphatic carbocycles. The Morgan fingerprint density at radius 2 is 1.77 bits per heavy atom. The van der Waals surface area contributed by atoms with Gasteiger partial charge in [-0.25, -0.2) is 13.4 Å². The van der Waals surface area contributed by atoms with Crippen molar-refractivity contribution in [2.45, 2.75) is 18.2 Å². The molecule has 134 valence electrons. The maximum absolute atomic E-state index is 12.6. The van der Waals surface area contributed by atoms with Gasteiger partial charge in [0.15, 0.2) is 10.0 Å². The van der Waals surface area contributed by atoms with Gasteiger partial charge in [0, 0.05) is 16.5 Å². The third-order valence-corrected chi connectivity index (χ3v) is 6.27. The minimum absolute atomic E-state index is 0.179. The van der Waals surface area contributed by atoms with Crippen LogP contribution in [0.2, 0.25) is 0 Å². The van der Waals surface area contributed by atoms with E-state index in [1.165, 1.54) is 29.5 Å². The number of sulfonamides is 1. The third-order valence-electron chi connectivity index (χ3n) is 3.64. The van der Waals surface area contributed by atoms with E-state index in [0.29, 0.717) is 12.1 Å². The molecule has 2 aromatic carbocycles. The average molecular weight is 389 g/mol. The first kappa shape index (κ1) is 18.0. The summed E-state index contributed by atoms with van der Waals surface area (Å²) in [5, 5.41) is 11.3. The number of rotatable bonds is 6. The van der Waals surface area contributed by atoms with Crippen molar-refractivity contribution in [2.75, 3.05) is 4.72 Å². The fraction of sp³-hybridized carbons (Fsp3) is 0.118. The molecule has 0 unspecified atom stereocenters. The maximum atomic E-state index is 12.6. The highest BCUT2D eigenvalue weighted by Gasteiger charge is 2.26. The van der Waals surface area contributed by atoms with Gasteiger partial charge in [-0.2, -0.15) is 0 Å². The molecule has 0 amide bonds. The zero-order valence-electron chi connectivity index (χ0n) is 13.7. The lowest BCUT2D eigenvalue weighted by Crippen LogP contribution is -2.14. The van der Waals surface area contributed by atoms with Crippen molar-refractivity contribution < 1.29 is 13.3 Å². The van der Waals surface area contributed by atoms with Crippen molar-refractivity contribution in [1.29, 1.82) is 0 Å². The Morgan fingerprint density at radius 3 is 2.42 bits per heavy atom. The molecule has 0 aliphatic rings. The summed E-state index contributed by atoms with van der Waals surface area (Å²) in [6, 6.07) is 14.7. The second-order valence-electron chi connectivity index (χ2n) is 5.34. The van der Waals surface area contributed by atoms with Gasteiger partial charge in [0.2, 0.25) is 0 Å².